The maximum Gasteiger partial charge on any atom is 0.222 e. The molecule has 1 aromatic carbocycles. The highest BCUT2D eigenvalue weighted by atomic mass is 19.1. The first kappa shape index (κ1) is 14.7. The molecule has 0 spiro atoms. The van der Waals surface area contributed by atoms with Crippen LogP contribution in [-0.2, 0) is 4.79 Å². The molecule has 1 aliphatic rings. The van der Waals surface area contributed by atoms with E-state index in [0.29, 0.717) is 25.9 Å². The number of nitrogens with two attached hydrogens (primary N) is 1. The molecule has 1 fully saturated rings. The van der Waals surface area contributed by atoms with Crippen molar-refractivity contribution in [2.45, 2.75) is 25.3 Å². The number of nitrogens with zero attached hydrogens (tertiary/aromatic N) is 1. The number of amides is 1. The lowest BCUT2D eigenvalue weighted by molar-refractivity contribution is -0.130. The number of hydrogen-bond acceptors (Lipinski definition) is 3. The summed E-state index contributed by atoms with van der Waals surface area (Å²) in [5, 5.41) is 0. The first-order chi connectivity index (χ1) is 9.56. The van der Waals surface area contributed by atoms with Crippen molar-refractivity contribution in [3.63, 3.8) is 0 Å². The molecule has 110 valence electrons. The van der Waals surface area contributed by atoms with E-state index in [4.69, 9.17) is 10.5 Å². The van der Waals surface area contributed by atoms with Crippen LogP contribution in [0.1, 0.15) is 19.3 Å². The fourth-order valence-electron chi connectivity index (χ4n) is 2.17. The van der Waals surface area contributed by atoms with E-state index >= 15 is 0 Å². The smallest absolute Gasteiger partial charge is 0.222 e. The zero-order chi connectivity index (χ0) is 14.5. The Kier molecular flexibility index (Phi) is 4.89. The van der Waals surface area contributed by atoms with Crippen molar-refractivity contribution < 1.29 is 18.3 Å². The van der Waals surface area contributed by atoms with E-state index in [1.54, 1.807) is 4.90 Å². The third-order valence-corrected chi connectivity index (χ3v) is 3.26. The average Bonchev–Trinajstić information content (AvgIpc) is 2.83. The van der Waals surface area contributed by atoms with Gasteiger partial charge in [-0.1, -0.05) is 0 Å². The van der Waals surface area contributed by atoms with Crippen LogP contribution in [0.25, 0.3) is 0 Å². The molecular formula is C14H18F2N2O2. The Morgan fingerprint density at radius 1 is 1.45 bits per heavy atom. The Bertz CT molecular complexity index is 482. The SMILES string of the molecule is N[C@H]1CCN(C(=O)CCCOc2ccc(F)cc2F)C1. The van der Waals surface area contributed by atoms with E-state index in [1.165, 1.54) is 6.07 Å². The fourth-order valence-corrected chi connectivity index (χ4v) is 2.17. The van der Waals surface area contributed by atoms with E-state index in [2.05, 4.69) is 0 Å². The van der Waals surface area contributed by atoms with Crippen molar-refractivity contribution in [3.8, 4) is 5.75 Å². The van der Waals surface area contributed by atoms with Gasteiger partial charge in [0, 0.05) is 31.6 Å². The average molecular weight is 284 g/mol. The molecule has 1 atom stereocenters. The highest BCUT2D eigenvalue weighted by molar-refractivity contribution is 5.76. The quantitative estimate of drug-likeness (QED) is 0.837. The van der Waals surface area contributed by atoms with Gasteiger partial charge in [-0.2, -0.15) is 0 Å². The van der Waals surface area contributed by atoms with Gasteiger partial charge < -0.3 is 15.4 Å². The number of likely N-dealkylation sites (tertiary alicyclic amines) is 1. The Hall–Kier alpha value is -1.69. The summed E-state index contributed by atoms with van der Waals surface area (Å²) in [6.07, 6.45) is 1.67. The van der Waals surface area contributed by atoms with Crippen LogP contribution in [0.15, 0.2) is 18.2 Å². The number of carbonyl (C=O) groups excluding carboxylic acids is 1. The molecule has 0 aromatic heterocycles. The molecule has 6 heteroatoms. The molecule has 1 amide bonds. The van der Waals surface area contributed by atoms with Crippen molar-refractivity contribution in [2.24, 2.45) is 5.73 Å². The van der Waals surface area contributed by atoms with Crippen LogP contribution < -0.4 is 10.5 Å². The van der Waals surface area contributed by atoms with Crippen molar-refractivity contribution >= 4 is 5.91 Å². The van der Waals surface area contributed by atoms with Gasteiger partial charge in [0.2, 0.25) is 5.91 Å². The Balaban J connectivity index is 1.70. The fraction of sp³-hybridized carbons (Fsp3) is 0.500. The van der Waals surface area contributed by atoms with Crippen molar-refractivity contribution in [3.05, 3.63) is 29.8 Å². The maximum atomic E-state index is 13.3. The molecule has 0 bridgehead atoms. The lowest BCUT2D eigenvalue weighted by atomic mass is 10.3. The van der Waals surface area contributed by atoms with E-state index in [-0.39, 0.29) is 24.3 Å². The van der Waals surface area contributed by atoms with Crippen LogP contribution in [0.5, 0.6) is 5.75 Å². The third kappa shape index (κ3) is 3.90. The van der Waals surface area contributed by atoms with E-state index in [0.717, 1.165) is 18.6 Å². The second-order valence-electron chi connectivity index (χ2n) is 4.92. The lowest BCUT2D eigenvalue weighted by Crippen LogP contribution is -2.31. The van der Waals surface area contributed by atoms with Crippen molar-refractivity contribution in [1.82, 2.24) is 4.90 Å². The van der Waals surface area contributed by atoms with Gasteiger partial charge in [-0.25, -0.2) is 8.78 Å². The van der Waals surface area contributed by atoms with Crippen LogP contribution in [0.3, 0.4) is 0 Å². The standard InChI is InChI=1S/C14H18F2N2O2/c15-10-3-4-13(12(16)8-10)20-7-1-2-14(19)18-6-5-11(17)9-18/h3-4,8,11H,1-2,5-7,9,17H2/t11-/m0/s1. The number of halogens is 2. The second-order valence-corrected chi connectivity index (χ2v) is 4.92. The largest absolute Gasteiger partial charge is 0.491 e. The highest BCUT2D eigenvalue weighted by Crippen LogP contribution is 2.18. The molecule has 2 rings (SSSR count). The van der Waals surface area contributed by atoms with Gasteiger partial charge in [-0.3, -0.25) is 4.79 Å². The third-order valence-electron chi connectivity index (χ3n) is 3.26. The van der Waals surface area contributed by atoms with Crippen LogP contribution in [0.4, 0.5) is 8.78 Å². The number of benzene rings is 1. The zero-order valence-electron chi connectivity index (χ0n) is 11.1. The summed E-state index contributed by atoms with van der Waals surface area (Å²) in [6.45, 7) is 1.52. The molecule has 0 saturated carbocycles. The van der Waals surface area contributed by atoms with Crippen LogP contribution in [0, 0.1) is 11.6 Å². The Labute approximate surface area is 116 Å². The topological polar surface area (TPSA) is 55.6 Å². The monoisotopic (exact) mass is 284 g/mol. The molecule has 0 aliphatic carbocycles. The molecule has 0 unspecified atom stereocenters. The van der Waals surface area contributed by atoms with Crippen LogP contribution in [-0.4, -0.2) is 36.5 Å². The normalized spacial score (nSPS) is 18.4. The zero-order valence-corrected chi connectivity index (χ0v) is 11.1. The van der Waals surface area contributed by atoms with Crippen LogP contribution in [0.2, 0.25) is 0 Å². The van der Waals surface area contributed by atoms with Gasteiger partial charge in [0.05, 0.1) is 6.61 Å². The minimum atomic E-state index is -0.734. The predicted octanol–water partition coefficient (Wildman–Crippen LogP) is 1.68. The summed E-state index contributed by atoms with van der Waals surface area (Å²) in [4.78, 5) is 13.5. The molecule has 20 heavy (non-hydrogen) atoms. The minimum Gasteiger partial charge on any atom is -0.491 e. The molecule has 1 aromatic rings. The predicted molar refractivity (Wildman–Crippen MR) is 70.3 cm³/mol. The number of ether oxygens (including phenoxy) is 1. The van der Waals surface area contributed by atoms with Gasteiger partial charge in [0.1, 0.15) is 5.82 Å². The number of rotatable bonds is 5. The summed E-state index contributed by atoms with van der Waals surface area (Å²) < 4.78 is 31.1. The summed E-state index contributed by atoms with van der Waals surface area (Å²) in [5.74, 6) is -1.33. The minimum absolute atomic E-state index is 0.00189. The summed E-state index contributed by atoms with van der Waals surface area (Å²) in [7, 11) is 0. The van der Waals surface area contributed by atoms with Crippen molar-refractivity contribution in [2.75, 3.05) is 19.7 Å². The Morgan fingerprint density at radius 3 is 2.90 bits per heavy atom. The van der Waals surface area contributed by atoms with Gasteiger partial charge in [0.25, 0.3) is 0 Å². The highest BCUT2D eigenvalue weighted by Gasteiger charge is 2.22. The molecular weight excluding hydrogens is 266 g/mol. The van der Waals surface area contributed by atoms with Gasteiger partial charge in [-0.05, 0) is 25.0 Å². The Morgan fingerprint density at radius 2 is 2.25 bits per heavy atom. The summed E-state index contributed by atoms with van der Waals surface area (Å²) >= 11 is 0. The molecule has 1 saturated heterocycles. The van der Waals surface area contributed by atoms with E-state index in [1.807, 2.05) is 0 Å². The molecule has 1 aliphatic heterocycles. The summed E-state index contributed by atoms with van der Waals surface area (Å²) in [5.41, 5.74) is 5.73. The second kappa shape index (κ2) is 6.65. The van der Waals surface area contributed by atoms with Crippen LogP contribution >= 0.6 is 0 Å². The van der Waals surface area contributed by atoms with Gasteiger partial charge >= 0.3 is 0 Å². The van der Waals surface area contributed by atoms with E-state index in [9.17, 15) is 13.6 Å². The lowest BCUT2D eigenvalue weighted by Gasteiger charge is -2.15. The first-order valence-corrected chi connectivity index (χ1v) is 6.67. The maximum absolute atomic E-state index is 13.3. The van der Waals surface area contributed by atoms with Gasteiger partial charge in [-0.15, -0.1) is 0 Å². The molecule has 4 nitrogen and oxygen atoms in total. The summed E-state index contributed by atoms with van der Waals surface area (Å²) in [6, 6.07) is 3.22. The molecule has 0 radical (unpaired) electrons. The van der Waals surface area contributed by atoms with Gasteiger partial charge in [0.15, 0.2) is 11.6 Å². The molecule has 2 N–H and O–H groups in total. The number of carbonyl (C=O) groups is 1. The van der Waals surface area contributed by atoms with Crippen molar-refractivity contribution in [1.29, 1.82) is 0 Å². The molecule has 1 heterocycles. The number of hydrogen-bond donors (Lipinski definition) is 1. The van der Waals surface area contributed by atoms with E-state index < -0.39 is 11.6 Å². The first-order valence-electron chi connectivity index (χ1n) is 6.67.